The first-order chi connectivity index (χ1) is 9.90. The van der Waals surface area contributed by atoms with E-state index in [9.17, 15) is 13.2 Å². The topological polar surface area (TPSA) is 75.3 Å². The summed E-state index contributed by atoms with van der Waals surface area (Å²) in [5, 5.41) is 3.12. The van der Waals surface area contributed by atoms with Crippen molar-refractivity contribution in [2.75, 3.05) is 11.0 Å². The van der Waals surface area contributed by atoms with E-state index >= 15 is 0 Å². The quantitative estimate of drug-likeness (QED) is 0.893. The maximum atomic E-state index is 12.2. The summed E-state index contributed by atoms with van der Waals surface area (Å²) in [6, 6.07) is 6.82. The summed E-state index contributed by atoms with van der Waals surface area (Å²) in [7, 11) is -3.29. The predicted molar refractivity (Wildman–Crippen MR) is 81.6 cm³/mol. The second kappa shape index (κ2) is 5.33. The van der Waals surface area contributed by atoms with Crippen molar-refractivity contribution < 1.29 is 13.2 Å². The average Bonchev–Trinajstić information content (AvgIpc) is 3.00. The first-order valence-corrected chi connectivity index (χ1v) is 9.18. The molecule has 6 heteroatoms. The molecular formula is C15H20N2O3S. The molecule has 2 fully saturated rings. The van der Waals surface area contributed by atoms with Gasteiger partial charge in [-0.05, 0) is 55.4 Å². The van der Waals surface area contributed by atoms with E-state index in [1.807, 2.05) is 0 Å². The fraction of sp³-hybridized carbons (Fsp3) is 0.533. The van der Waals surface area contributed by atoms with E-state index in [0.29, 0.717) is 23.2 Å². The van der Waals surface area contributed by atoms with Crippen LogP contribution in [-0.2, 0) is 10.0 Å². The van der Waals surface area contributed by atoms with Crippen LogP contribution in [0.5, 0.6) is 0 Å². The molecule has 0 aliphatic heterocycles. The number of sulfonamides is 1. The van der Waals surface area contributed by atoms with Crippen LogP contribution in [0.4, 0.5) is 5.69 Å². The number of anilines is 1. The molecule has 0 aromatic heterocycles. The Kier molecular flexibility index (Phi) is 3.65. The highest BCUT2D eigenvalue weighted by atomic mass is 32.2. The van der Waals surface area contributed by atoms with Gasteiger partial charge in [-0.15, -0.1) is 0 Å². The highest BCUT2D eigenvalue weighted by molar-refractivity contribution is 7.92. The average molecular weight is 308 g/mol. The normalized spacial score (nSPS) is 27.6. The molecule has 21 heavy (non-hydrogen) atoms. The van der Waals surface area contributed by atoms with Gasteiger partial charge in [0.2, 0.25) is 10.0 Å². The zero-order valence-corrected chi connectivity index (χ0v) is 12.8. The van der Waals surface area contributed by atoms with Gasteiger partial charge in [-0.3, -0.25) is 9.52 Å². The third-order valence-corrected chi connectivity index (χ3v) is 5.11. The number of carbonyl (C=O) groups is 1. The van der Waals surface area contributed by atoms with E-state index in [4.69, 9.17) is 0 Å². The fourth-order valence-corrected chi connectivity index (χ4v) is 4.14. The van der Waals surface area contributed by atoms with Gasteiger partial charge in [0.15, 0.2) is 0 Å². The zero-order chi connectivity index (χ0) is 15.0. The van der Waals surface area contributed by atoms with Crippen molar-refractivity contribution in [3.05, 3.63) is 29.8 Å². The van der Waals surface area contributed by atoms with Crippen LogP contribution in [0.2, 0.25) is 0 Å². The van der Waals surface area contributed by atoms with Crippen LogP contribution in [0, 0.1) is 11.8 Å². The maximum Gasteiger partial charge on any atom is 0.251 e. The lowest BCUT2D eigenvalue weighted by molar-refractivity contribution is 0.0923. The largest absolute Gasteiger partial charge is 0.349 e. The number of fused-ring (bicyclic) bond motifs is 2. The van der Waals surface area contributed by atoms with Crippen molar-refractivity contribution in [2.45, 2.75) is 31.7 Å². The summed E-state index contributed by atoms with van der Waals surface area (Å²) < 4.78 is 24.6. The summed E-state index contributed by atoms with van der Waals surface area (Å²) in [4.78, 5) is 12.2. The Morgan fingerprint density at radius 3 is 2.38 bits per heavy atom. The molecule has 0 radical (unpaired) electrons. The first kappa shape index (κ1) is 14.4. The van der Waals surface area contributed by atoms with Crippen molar-refractivity contribution in [3.63, 3.8) is 0 Å². The van der Waals surface area contributed by atoms with Crippen molar-refractivity contribution in [2.24, 2.45) is 11.8 Å². The van der Waals surface area contributed by atoms with Gasteiger partial charge in [-0.25, -0.2) is 8.42 Å². The first-order valence-electron chi connectivity index (χ1n) is 7.29. The summed E-state index contributed by atoms with van der Waals surface area (Å²) >= 11 is 0. The minimum absolute atomic E-state index is 0.0709. The van der Waals surface area contributed by atoms with Crippen molar-refractivity contribution in [3.8, 4) is 0 Å². The molecule has 114 valence electrons. The predicted octanol–water partition coefficient (Wildman–Crippen LogP) is 1.98. The smallest absolute Gasteiger partial charge is 0.251 e. The molecule has 0 spiro atoms. The minimum atomic E-state index is -3.29. The van der Waals surface area contributed by atoms with E-state index in [1.54, 1.807) is 24.3 Å². The van der Waals surface area contributed by atoms with Crippen molar-refractivity contribution >= 4 is 21.6 Å². The molecule has 0 saturated heterocycles. The van der Waals surface area contributed by atoms with Gasteiger partial charge >= 0.3 is 0 Å². The van der Waals surface area contributed by atoms with Gasteiger partial charge in [0, 0.05) is 17.3 Å². The van der Waals surface area contributed by atoms with E-state index in [1.165, 1.54) is 19.3 Å². The molecule has 1 amide bonds. The van der Waals surface area contributed by atoms with Crippen molar-refractivity contribution in [1.29, 1.82) is 0 Å². The van der Waals surface area contributed by atoms with E-state index < -0.39 is 10.0 Å². The molecule has 3 rings (SSSR count). The fourth-order valence-electron chi connectivity index (χ4n) is 3.58. The van der Waals surface area contributed by atoms with Gasteiger partial charge in [0.1, 0.15) is 0 Å². The summed E-state index contributed by atoms with van der Waals surface area (Å²) in [6.45, 7) is 0. The molecule has 2 N–H and O–H groups in total. The van der Waals surface area contributed by atoms with E-state index in [-0.39, 0.29) is 5.91 Å². The molecular weight excluding hydrogens is 288 g/mol. The SMILES string of the molecule is CS(=O)(=O)Nc1ccc(C(=O)N[C@@H]2C[C@H]3CC[C@H]2C3)cc1. The summed E-state index contributed by atoms with van der Waals surface area (Å²) in [5.74, 6) is 1.37. The van der Waals surface area contributed by atoms with Crippen LogP contribution in [0.3, 0.4) is 0 Å². The Morgan fingerprint density at radius 1 is 1.14 bits per heavy atom. The highest BCUT2D eigenvalue weighted by Gasteiger charge is 2.40. The van der Waals surface area contributed by atoms with Crippen LogP contribution in [0.25, 0.3) is 0 Å². The number of hydrogen-bond acceptors (Lipinski definition) is 3. The zero-order valence-electron chi connectivity index (χ0n) is 12.0. The van der Waals surface area contributed by atoms with Gasteiger partial charge in [0.25, 0.3) is 5.91 Å². The Bertz CT molecular complexity index is 639. The lowest BCUT2D eigenvalue weighted by Gasteiger charge is -2.22. The summed E-state index contributed by atoms with van der Waals surface area (Å²) in [6.07, 6.45) is 5.99. The number of rotatable bonds is 4. The second-order valence-electron chi connectivity index (χ2n) is 6.21. The number of carbonyl (C=O) groups excluding carboxylic acids is 1. The number of benzene rings is 1. The van der Waals surface area contributed by atoms with Crippen molar-refractivity contribution in [1.82, 2.24) is 5.32 Å². The van der Waals surface area contributed by atoms with Crippen LogP contribution in [0.15, 0.2) is 24.3 Å². The van der Waals surface area contributed by atoms with E-state index in [2.05, 4.69) is 10.0 Å². The second-order valence-corrected chi connectivity index (χ2v) is 7.95. The van der Waals surface area contributed by atoms with Gasteiger partial charge in [-0.1, -0.05) is 6.42 Å². The van der Waals surface area contributed by atoms with Gasteiger partial charge in [0.05, 0.1) is 6.26 Å². The Labute approximate surface area is 125 Å². The molecule has 5 nitrogen and oxygen atoms in total. The standard InChI is InChI=1S/C15H20N2O3S/c1-21(19,20)17-13-6-4-11(5-7-13)15(18)16-14-9-10-2-3-12(14)8-10/h4-7,10,12,14,17H,2-3,8-9H2,1H3,(H,16,18)/t10-,12-,14+/m0/s1. The molecule has 0 unspecified atom stereocenters. The Hall–Kier alpha value is -1.56. The third-order valence-electron chi connectivity index (χ3n) is 4.50. The third kappa shape index (κ3) is 3.37. The van der Waals surface area contributed by atoms with Crippen LogP contribution in [0.1, 0.15) is 36.0 Å². The van der Waals surface area contributed by atoms with E-state index in [0.717, 1.165) is 18.6 Å². The van der Waals surface area contributed by atoms with Crippen LogP contribution < -0.4 is 10.0 Å². The van der Waals surface area contributed by atoms with Gasteiger partial charge in [-0.2, -0.15) is 0 Å². The number of amides is 1. The monoisotopic (exact) mass is 308 g/mol. The lowest BCUT2D eigenvalue weighted by Crippen LogP contribution is -2.38. The summed E-state index contributed by atoms with van der Waals surface area (Å²) in [5.41, 5.74) is 1.03. The highest BCUT2D eigenvalue weighted by Crippen LogP contribution is 2.44. The number of hydrogen-bond donors (Lipinski definition) is 2. The van der Waals surface area contributed by atoms with Crippen LogP contribution >= 0.6 is 0 Å². The molecule has 3 atom stereocenters. The Morgan fingerprint density at radius 2 is 1.86 bits per heavy atom. The molecule has 0 heterocycles. The molecule has 2 aliphatic carbocycles. The van der Waals surface area contributed by atoms with Crippen LogP contribution in [-0.4, -0.2) is 26.6 Å². The lowest BCUT2D eigenvalue weighted by atomic mass is 9.95. The maximum absolute atomic E-state index is 12.2. The number of nitrogens with one attached hydrogen (secondary N) is 2. The molecule has 1 aromatic carbocycles. The minimum Gasteiger partial charge on any atom is -0.349 e. The molecule has 2 saturated carbocycles. The van der Waals surface area contributed by atoms with Gasteiger partial charge < -0.3 is 5.32 Å². The molecule has 2 bridgehead atoms. The Balaban J connectivity index is 1.62. The molecule has 2 aliphatic rings. The molecule has 1 aromatic rings.